The lowest BCUT2D eigenvalue weighted by Gasteiger charge is -2.34. The van der Waals surface area contributed by atoms with E-state index in [1.165, 1.54) is 12.6 Å². The molecule has 0 spiro atoms. The number of aromatic nitrogens is 4. The zero-order chi connectivity index (χ0) is 24.2. The van der Waals surface area contributed by atoms with Crippen molar-refractivity contribution >= 4 is 17.8 Å². The quantitative estimate of drug-likeness (QED) is 0.381. The minimum Gasteiger partial charge on any atom is -0.459 e. The highest BCUT2D eigenvalue weighted by molar-refractivity contribution is 5.91. The maximum absolute atomic E-state index is 12.6. The summed E-state index contributed by atoms with van der Waals surface area (Å²) in [6, 6.07) is 12.1. The second kappa shape index (κ2) is 9.52. The van der Waals surface area contributed by atoms with Gasteiger partial charge in [-0.25, -0.2) is 14.5 Å². The monoisotopic (exact) mass is 473 g/mol. The highest BCUT2D eigenvalue weighted by Crippen LogP contribution is 2.29. The van der Waals surface area contributed by atoms with E-state index in [0.717, 1.165) is 5.69 Å². The van der Waals surface area contributed by atoms with E-state index in [4.69, 9.17) is 13.6 Å². The van der Waals surface area contributed by atoms with Gasteiger partial charge < -0.3 is 23.4 Å². The number of rotatable bonds is 6. The molecular weight excluding hydrogens is 454 g/mol. The van der Waals surface area contributed by atoms with Crippen LogP contribution in [0.25, 0.3) is 17.3 Å². The average Bonchev–Trinajstić information content (AvgIpc) is 3.69. The molecule has 1 aromatic carbocycles. The molecule has 1 fully saturated rings. The zero-order valence-corrected chi connectivity index (χ0v) is 18.4. The number of piperazine rings is 1. The lowest BCUT2D eigenvalue weighted by molar-refractivity contribution is -0.134. The van der Waals surface area contributed by atoms with Crippen LogP contribution in [0.3, 0.4) is 0 Å². The van der Waals surface area contributed by atoms with Gasteiger partial charge in [-0.05, 0) is 36.4 Å². The van der Waals surface area contributed by atoms with Gasteiger partial charge in [0.15, 0.2) is 12.4 Å². The number of ether oxygens (including phenoxy) is 1. The van der Waals surface area contributed by atoms with Crippen molar-refractivity contribution in [3.63, 3.8) is 0 Å². The molecule has 0 aliphatic carbocycles. The van der Waals surface area contributed by atoms with Gasteiger partial charge in [-0.2, -0.15) is 15.3 Å². The minimum absolute atomic E-state index is 0.153. The van der Waals surface area contributed by atoms with E-state index < -0.39 is 5.97 Å². The summed E-state index contributed by atoms with van der Waals surface area (Å²) in [7, 11) is 0. The number of amides is 1. The molecule has 1 aliphatic rings. The van der Waals surface area contributed by atoms with Gasteiger partial charge in [-0.3, -0.25) is 4.79 Å². The van der Waals surface area contributed by atoms with Gasteiger partial charge in [0.25, 0.3) is 11.8 Å². The van der Waals surface area contributed by atoms with Crippen LogP contribution in [0.1, 0.15) is 16.1 Å². The van der Waals surface area contributed by atoms with Gasteiger partial charge in [0.05, 0.1) is 17.5 Å². The number of benzene rings is 1. The van der Waals surface area contributed by atoms with E-state index in [9.17, 15) is 14.9 Å². The molecule has 4 aromatic rings. The van der Waals surface area contributed by atoms with Gasteiger partial charge in [-0.15, -0.1) is 0 Å². The minimum atomic E-state index is -0.590. The molecule has 5 rings (SSSR count). The second-order valence-corrected chi connectivity index (χ2v) is 7.59. The van der Waals surface area contributed by atoms with Crippen LogP contribution >= 0.6 is 0 Å². The third-order valence-electron chi connectivity index (χ3n) is 5.48. The number of nitriles is 1. The summed E-state index contributed by atoms with van der Waals surface area (Å²) in [4.78, 5) is 36.4. The maximum Gasteiger partial charge on any atom is 0.338 e. The van der Waals surface area contributed by atoms with Gasteiger partial charge in [-0.1, -0.05) is 0 Å². The molecule has 176 valence electrons. The molecule has 12 nitrogen and oxygen atoms in total. The summed E-state index contributed by atoms with van der Waals surface area (Å²) >= 11 is 0. The molecule has 1 amide bonds. The summed E-state index contributed by atoms with van der Waals surface area (Å²) in [5.41, 5.74) is 1.23. The number of esters is 1. The van der Waals surface area contributed by atoms with Crippen LogP contribution in [0.2, 0.25) is 0 Å². The highest BCUT2D eigenvalue weighted by Gasteiger charge is 2.27. The SMILES string of the molecule is N#Cc1nc(-c2ccco2)oc1N1CCN(C(=O)COC(=O)c2ccc(-n3cncn3)cc2)CC1. The Morgan fingerprint density at radius 3 is 2.57 bits per heavy atom. The predicted molar refractivity (Wildman–Crippen MR) is 119 cm³/mol. The van der Waals surface area contributed by atoms with Gasteiger partial charge in [0.2, 0.25) is 11.6 Å². The van der Waals surface area contributed by atoms with Crippen molar-refractivity contribution in [2.45, 2.75) is 0 Å². The third kappa shape index (κ3) is 4.60. The highest BCUT2D eigenvalue weighted by atomic mass is 16.5. The number of oxazole rings is 1. The van der Waals surface area contributed by atoms with Crippen molar-refractivity contribution < 1.29 is 23.2 Å². The summed E-state index contributed by atoms with van der Waals surface area (Å²) < 4.78 is 17.8. The smallest absolute Gasteiger partial charge is 0.338 e. The fraction of sp³-hybridized carbons (Fsp3) is 0.217. The largest absolute Gasteiger partial charge is 0.459 e. The topological polar surface area (TPSA) is 144 Å². The van der Waals surface area contributed by atoms with Gasteiger partial charge >= 0.3 is 5.97 Å². The molecule has 0 atom stereocenters. The van der Waals surface area contributed by atoms with E-state index in [-0.39, 0.29) is 24.1 Å². The second-order valence-electron chi connectivity index (χ2n) is 7.59. The lowest BCUT2D eigenvalue weighted by atomic mass is 10.2. The summed E-state index contributed by atoms with van der Waals surface area (Å²) in [5.74, 6) is 0.101. The van der Waals surface area contributed by atoms with Crippen molar-refractivity contribution in [3.05, 3.63) is 66.6 Å². The average molecular weight is 473 g/mol. The van der Waals surface area contributed by atoms with Crippen molar-refractivity contribution in [2.24, 2.45) is 0 Å². The molecule has 0 N–H and O–H groups in total. The van der Waals surface area contributed by atoms with Crippen molar-refractivity contribution in [1.82, 2.24) is 24.6 Å². The normalized spacial score (nSPS) is 13.5. The number of anilines is 1. The third-order valence-corrected chi connectivity index (χ3v) is 5.48. The summed E-state index contributed by atoms with van der Waals surface area (Å²) in [6.07, 6.45) is 4.46. The van der Waals surface area contributed by atoms with E-state index in [1.54, 1.807) is 52.3 Å². The Morgan fingerprint density at radius 2 is 1.91 bits per heavy atom. The van der Waals surface area contributed by atoms with Crippen LogP contribution in [0.5, 0.6) is 0 Å². The van der Waals surface area contributed by atoms with Crippen LogP contribution in [0.4, 0.5) is 5.88 Å². The zero-order valence-electron chi connectivity index (χ0n) is 18.4. The summed E-state index contributed by atoms with van der Waals surface area (Å²) in [5, 5.41) is 13.5. The molecule has 4 heterocycles. The Kier molecular flexibility index (Phi) is 5.96. The van der Waals surface area contributed by atoms with E-state index in [2.05, 4.69) is 15.1 Å². The Bertz CT molecular complexity index is 1350. The predicted octanol–water partition coefficient (Wildman–Crippen LogP) is 1.89. The Labute approximate surface area is 199 Å². The van der Waals surface area contributed by atoms with Crippen molar-refractivity contribution in [2.75, 3.05) is 37.7 Å². The standard InChI is InChI=1S/C23H19N7O5/c24-12-18-22(35-21(27-18)19-2-1-11-33-19)29-9-7-28(8-10-29)20(31)13-34-23(32)16-3-5-17(6-4-16)30-15-25-14-26-30/h1-6,11,14-15H,7-10,13H2. The first-order chi connectivity index (χ1) is 17.1. The van der Waals surface area contributed by atoms with Crippen molar-refractivity contribution in [3.8, 4) is 23.4 Å². The van der Waals surface area contributed by atoms with Crippen LogP contribution in [-0.2, 0) is 9.53 Å². The molecule has 35 heavy (non-hydrogen) atoms. The molecule has 12 heteroatoms. The molecule has 0 bridgehead atoms. The number of hydrogen-bond donors (Lipinski definition) is 0. The molecule has 0 unspecified atom stereocenters. The van der Waals surface area contributed by atoms with Crippen LogP contribution in [0.15, 0.2) is 64.2 Å². The van der Waals surface area contributed by atoms with Crippen LogP contribution in [0, 0.1) is 11.3 Å². The number of nitrogens with zero attached hydrogens (tertiary/aromatic N) is 7. The van der Waals surface area contributed by atoms with Crippen molar-refractivity contribution in [1.29, 1.82) is 5.26 Å². The fourth-order valence-corrected chi connectivity index (χ4v) is 3.66. The molecule has 0 radical (unpaired) electrons. The Balaban J connectivity index is 1.14. The Morgan fingerprint density at radius 1 is 1.11 bits per heavy atom. The van der Waals surface area contributed by atoms with Crippen LogP contribution in [-0.4, -0.2) is 69.3 Å². The van der Waals surface area contributed by atoms with E-state index >= 15 is 0 Å². The fourth-order valence-electron chi connectivity index (χ4n) is 3.66. The molecule has 1 saturated heterocycles. The first kappa shape index (κ1) is 21.9. The number of hydrogen-bond acceptors (Lipinski definition) is 10. The molecular formula is C23H19N7O5. The first-order valence-corrected chi connectivity index (χ1v) is 10.7. The first-order valence-electron chi connectivity index (χ1n) is 10.7. The van der Waals surface area contributed by atoms with E-state index in [1.807, 2.05) is 11.0 Å². The lowest BCUT2D eigenvalue weighted by Crippen LogP contribution is -2.50. The molecule has 3 aromatic heterocycles. The number of furan rings is 1. The Hall–Kier alpha value is -4.92. The van der Waals surface area contributed by atoms with Gasteiger partial charge in [0, 0.05) is 26.2 Å². The van der Waals surface area contributed by atoms with Gasteiger partial charge in [0.1, 0.15) is 18.7 Å². The summed E-state index contributed by atoms with van der Waals surface area (Å²) in [6.45, 7) is 1.27. The number of carbonyl (C=O) groups is 2. The maximum atomic E-state index is 12.6. The van der Waals surface area contributed by atoms with Crippen LogP contribution < -0.4 is 4.90 Å². The number of carbonyl (C=O) groups excluding carboxylic acids is 2. The molecule has 0 saturated carbocycles. The molecule has 1 aliphatic heterocycles. The van der Waals surface area contributed by atoms with E-state index in [0.29, 0.717) is 43.4 Å².